The zero-order valence-corrected chi connectivity index (χ0v) is 5.28. The van der Waals surface area contributed by atoms with Crippen molar-refractivity contribution in [3.63, 3.8) is 0 Å². The van der Waals surface area contributed by atoms with Crippen LogP contribution in [0.5, 0.6) is 0 Å². The second kappa shape index (κ2) is 4.11. The van der Waals surface area contributed by atoms with Gasteiger partial charge < -0.3 is 19.7 Å². The molecule has 0 saturated carbocycles. The smallest absolute Gasteiger partial charge is 0.449 e. The van der Waals surface area contributed by atoms with Crippen LogP contribution in [0.15, 0.2) is 12.0 Å². The Morgan fingerprint density at radius 1 is 0.917 bits per heavy atom. The van der Waals surface area contributed by atoms with E-state index in [1.807, 2.05) is 0 Å². The fraction of sp³-hybridized carbons (Fsp3) is 0. The first-order valence-corrected chi connectivity index (χ1v) is 2.30. The summed E-state index contributed by atoms with van der Waals surface area (Å²) in [5.74, 6) is 0. The molecule has 0 aliphatic rings. The summed E-state index contributed by atoms with van der Waals surface area (Å²) in [7, 11) is 0. The number of carbonyl (C=O) groups is 2. The van der Waals surface area contributed by atoms with E-state index in [0.29, 0.717) is 0 Å². The van der Waals surface area contributed by atoms with Crippen molar-refractivity contribution in [2.45, 2.75) is 0 Å². The van der Waals surface area contributed by atoms with Gasteiger partial charge in [-0.15, -0.1) is 0 Å². The molecule has 0 rings (SSSR count). The maximum absolute atomic E-state index is 11.9. The van der Waals surface area contributed by atoms with Gasteiger partial charge in [-0.3, -0.25) is 0 Å². The Balaban J connectivity index is 4.25. The van der Waals surface area contributed by atoms with Gasteiger partial charge in [0.05, 0.1) is 0 Å². The van der Waals surface area contributed by atoms with Crippen LogP contribution in [-0.4, -0.2) is 22.5 Å². The lowest BCUT2D eigenvalue weighted by atomic mass is 10.9. The number of hydrogen-bond acceptors (Lipinski definition) is 4. The third-order valence-corrected chi connectivity index (χ3v) is 0.508. The number of hydrogen-bond donors (Lipinski definition) is 2. The molecular formula is C4H2F2O6. The van der Waals surface area contributed by atoms with Crippen LogP contribution in [-0.2, 0) is 9.47 Å². The Morgan fingerprint density at radius 2 is 1.17 bits per heavy atom. The molecule has 6 nitrogen and oxygen atoms in total. The summed E-state index contributed by atoms with van der Waals surface area (Å²) in [5.41, 5.74) is 0. The molecule has 0 aromatic rings. The Labute approximate surface area is 63.6 Å². The molecule has 0 saturated heterocycles. The Bertz CT molecular complexity index is 210. The van der Waals surface area contributed by atoms with Gasteiger partial charge in [0, 0.05) is 0 Å². The summed E-state index contributed by atoms with van der Waals surface area (Å²) in [5, 5.41) is 15.4. The van der Waals surface area contributed by atoms with Gasteiger partial charge >= 0.3 is 24.3 Å². The van der Waals surface area contributed by atoms with E-state index in [1.54, 1.807) is 0 Å². The number of halogens is 2. The molecule has 0 heterocycles. The van der Waals surface area contributed by atoms with E-state index in [9.17, 15) is 18.4 Å². The van der Waals surface area contributed by atoms with Crippen LogP contribution < -0.4 is 0 Å². The first-order valence-electron chi connectivity index (χ1n) is 2.30. The van der Waals surface area contributed by atoms with Gasteiger partial charge in [0.2, 0.25) is 0 Å². The third-order valence-electron chi connectivity index (χ3n) is 0.508. The highest BCUT2D eigenvalue weighted by Gasteiger charge is 2.15. The highest BCUT2D eigenvalue weighted by molar-refractivity contribution is 5.59. The lowest BCUT2D eigenvalue weighted by Crippen LogP contribution is -2.03. The molecule has 0 aromatic carbocycles. The van der Waals surface area contributed by atoms with E-state index in [4.69, 9.17) is 10.2 Å². The molecule has 8 heteroatoms. The topological polar surface area (TPSA) is 93.1 Å². The lowest BCUT2D eigenvalue weighted by Gasteiger charge is -1.96. The van der Waals surface area contributed by atoms with Crippen molar-refractivity contribution in [3.05, 3.63) is 12.0 Å². The Morgan fingerprint density at radius 3 is 1.33 bits per heavy atom. The van der Waals surface area contributed by atoms with Crippen molar-refractivity contribution < 1.29 is 38.1 Å². The third kappa shape index (κ3) is 4.04. The molecule has 0 unspecified atom stereocenters. The van der Waals surface area contributed by atoms with E-state index in [2.05, 4.69) is 9.47 Å². The first-order chi connectivity index (χ1) is 5.43. The highest BCUT2D eigenvalue weighted by Crippen LogP contribution is 2.10. The van der Waals surface area contributed by atoms with Crippen LogP contribution in [0.25, 0.3) is 0 Å². The number of ether oxygens (including phenoxy) is 2. The minimum absolute atomic E-state index is 2.13. The van der Waals surface area contributed by atoms with Crippen molar-refractivity contribution >= 4 is 12.3 Å². The Hall–Kier alpha value is -1.86. The maximum atomic E-state index is 11.9. The minimum Gasteiger partial charge on any atom is -0.449 e. The summed E-state index contributed by atoms with van der Waals surface area (Å²) in [6.45, 7) is 0. The molecule has 0 bridgehead atoms. The van der Waals surface area contributed by atoms with Crippen LogP contribution in [0.3, 0.4) is 0 Å². The molecule has 0 radical (unpaired) electrons. The molecule has 0 aliphatic carbocycles. The largest absolute Gasteiger partial charge is 0.513 e. The SMILES string of the molecule is O=C(O)O/C(F)=C(\F)OC(=O)O. The maximum Gasteiger partial charge on any atom is 0.513 e. The van der Waals surface area contributed by atoms with Gasteiger partial charge in [0.1, 0.15) is 0 Å². The average Bonchev–Trinajstić information content (AvgIpc) is 1.84. The zero-order chi connectivity index (χ0) is 9.72. The van der Waals surface area contributed by atoms with Crippen molar-refractivity contribution in [1.29, 1.82) is 0 Å². The van der Waals surface area contributed by atoms with Crippen molar-refractivity contribution in [3.8, 4) is 0 Å². The van der Waals surface area contributed by atoms with Crippen molar-refractivity contribution in [2.24, 2.45) is 0 Å². The fourth-order valence-electron chi connectivity index (χ4n) is 0.234. The summed E-state index contributed by atoms with van der Waals surface area (Å²) in [6, 6.07) is -4.55. The molecule has 2 N–H and O–H groups in total. The fourth-order valence-corrected chi connectivity index (χ4v) is 0.234. The van der Waals surface area contributed by atoms with E-state index < -0.39 is 24.3 Å². The van der Waals surface area contributed by atoms with E-state index in [1.165, 1.54) is 0 Å². The number of rotatable bonds is 2. The van der Waals surface area contributed by atoms with Gasteiger partial charge in [-0.25, -0.2) is 9.59 Å². The lowest BCUT2D eigenvalue weighted by molar-refractivity contribution is 0.0588. The average molecular weight is 184 g/mol. The van der Waals surface area contributed by atoms with Gasteiger partial charge in [-0.1, -0.05) is 0 Å². The van der Waals surface area contributed by atoms with Crippen LogP contribution in [0.4, 0.5) is 18.4 Å². The Kier molecular flexibility index (Phi) is 3.47. The predicted molar refractivity (Wildman–Crippen MR) is 27.5 cm³/mol. The number of carboxylic acid groups (broad SMARTS) is 2. The van der Waals surface area contributed by atoms with Gasteiger partial charge in [0.25, 0.3) is 0 Å². The summed E-state index contributed by atoms with van der Waals surface area (Å²) < 4.78 is 30.0. The first kappa shape index (κ1) is 10.1. The van der Waals surface area contributed by atoms with E-state index in [0.717, 1.165) is 0 Å². The van der Waals surface area contributed by atoms with Crippen molar-refractivity contribution in [2.75, 3.05) is 0 Å². The van der Waals surface area contributed by atoms with E-state index in [-0.39, 0.29) is 0 Å². The molecule has 12 heavy (non-hydrogen) atoms. The zero-order valence-electron chi connectivity index (χ0n) is 5.28. The van der Waals surface area contributed by atoms with Gasteiger partial charge in [-0.2, -0.15) is 8.78 Å². The molecule has 0 amide bonds. The molecule has 0 spiro atoms. The van der Waals surface area contributed by atoms with E-state index >= 15 is 0 Å². The van der Waals surface area contributed by atoms with Crippen LogP contribution in [0, 0.1) is 0 Å². The summed E-state index contributed by atoms with van der Waals surface area (Å²) >= 11 is 0. The summed E-state index contributed by atoms with van der Waals surface area (Å²) in [6.07, 6.45) is -4.26. The van der Waals surface area contributed by atoms with Gasteiger partial charge in [0.15, 0.2) is 0 Å². The molecule has 0 atom stereocenters. The highest BCUT2D eigenvalue weighted by atomic mass is 19.2. The monoisotopic (exact) mass is 184 g/mol. The van der Waals surface area contributed by atoms with Gasteiger partial charge in [-0.05, 0) is 0 Å². The standard InChI is InChI=1S/C4H2F2O6/c5-1(11-3(7)8)2(6)12-4(9)10/h(H,7,8)(H,9,10)/b2-1+. The second-order valence-electron chi connectivity index (χ2n) is 1.28. The van der Waals surface area contributed by atoms with Crippen molar-refractivity contribution in [1.82, 2.24) is 0 Å². The summed E-state index contributed by atoms with van der Waals surface area (Å²) in [4.78, 5) is 19.1. The van der Waals surface area contributed by atoms with Crippen LogP contribution in [0.1, 0.15) is 0 Å². The second-order valence-corrected chi connectivity index (χ2v) is 1.28. The molecule has 0 fully saturated rings. The minimum atomic E-state index is -2.27. The van der Waals surface area contributed by atoms with Crippen LogP contribution >= 0.6 is 0 Å². The normalized spacial score (nSPS) is 11.5. The van der Waals surface area contributed by atoms with Crippen LogP contribution in [0.2, 0.25) is 0 Å². The molecule has 68 valence electrons. The quantitative estimate of drug-likeness (QED) is 0.498. The molecular weight excluding hydrogens is 182 g/mol. The molecule has 0 aromatic heterocycles. The predicted octanol–water partition coefficient (Wildman–Crippen LogP) is 1.44. The molecule has 0 aliphatic heterocycles.